The summed E-state index contributed by atoms with van der Waals surface area (Å²) in [7, 11) is 2.22. The van der Waals surface area contributed by atoms with Crippen molar-refractivity contribution in [1.29, 1.82) is 0 Å². The molecule has 1 aliphatic rings. The molecule has 2 rings (SSSR count). The third kappa shape index (κ3) is 4.34. The fourth-order valence-electron chi connectivity index (χ4n) is 2.47. The van der Waals surface area contributed by atoms with Crippen LogP contribution in [0.1, 0.15) is 36.9 Å². The molecule has 1 aliphatic heterocycles. The quantitative estimate of drug-likeness (QED) is 0.803. The zero-order valence-corrected chi connectivity index (χ0v) is 12.4. The van der Waals surface area contributed by atoms with Crippen molar-refractivity contribution in [2.24, 2.45) is 5.92 Å². The predicted molar refractivity (Wildman–Crippen MR) is 78.0 cm³/mol. The SMILES string of the molecule is CCc1nc(CNCCC2CCN(C)CC2)cs1. The van der Waals surface area contributed by atoms with Crippen molar-refractivity contribution in [2.75, 3.05) is 26.7 Å². The molecule has 0 aromatic carbocycles. The maximum atomic E-state index is 4.57. The van der Waals surface area contributed by atoms with Crippen LogP contribution in [0, 0.1) is 5.92 Å². The third-order valence-electron chi connectivity index (χ3n) is 3.78. The first-order valence-electron chi connectivity index (χ1n) is 7.10. The van der Waals surface area contributed by atoms with Crippen molar-refractivity contribution in [3.63, 3.8) is 0 Å². The number of hydrogen-bond donors (Lipinski definition) is 1. The molecule has 102 valence electrons. The average molecular weight is 267 g/mol. The monoisotopic (exact) mass is 267 g/mol. The Hall–Kier alpha value is -0.450. The number of nitrogens with one attached hydrogen (secondary N) is 1. The van der Waals surface area contributed by atoms with Crippen molar-refractivity contribution in [1.82, 2.24) is 15.2 Å². The van der Waals surface area contributed by atoms with Crippen LogP contribution in [-0.2, 0) is 13.0 Å². The highest BCUT2D eigenvalue weighted by molar-refractivity contribution is 7.09. The second kappa shape index (κ2) is 7.22. The molecule has 1 aromatic rings. The van der Waals surface area contributed by atoms with E-state index in [1.54, 1.807) is 11.3 Å². The van der Waals surface area contributed by atoms with Crippen LogP contribution < -0.4 is 5.32 Å². The van der Waals surface area contributed by atoms with Crippen LogP contribution in [0.3, 0.4) is 0 Å². The fourth-order valence-corrected chi connectivity index (χ4v) is 3.21. The van der Waals surface area contributed by atoms with Gasteiger partial charge in [0.15, 0.2) is 0 Å². The van der Waals surface area contributed by atoms with Gasteiger partial charge in [-0.25, -0.2) is 4.98 Å². The molecule has 1 aromatic heterocycles. The second-order valence-electron chi connectivity index (χ2n) is 5.30. The molecule has 1 N–H and O–H groups in total. The molecule has 4 heteroatoms. The molecule has 0 radical (unpaired) electrons. The zero-order valence-electron chi connectivity index (χ0n) is 11.6. The third-order valence-corrected chi connectivity index (χ3v) is 4.82. The molecule has 0 atom stereocenters. The lowest BCUT2D eigenvalue weighted by molar-refractivity contribution is 0.211. The average Bonchev–Trinajstić information content (AvgIpc) is 2.85. The normalized spacial score (nSPS) is 18.3. The number of hydrogen-bond acceptors (Lipinski definition) is 4. The van der Waals surface area contributed by atoms with Crippen molar-refractivity contribution < 1.29 is 0 Å². The number of aromatic nitrogens is 1. The van der Waals surface area contributed by atoms with Crippen LogP contribution in [0.4, 0.5) is 0 Å². The van der Waals surface area contributed by atoms with Crippen molar-refractivity contribution in [3.8, 4) is 0 Å². The van der Waals surface area contributed by atoms with E-state index < -0.39 is 0 Å². The summed E-state index contributed by atoms with van der Waals surface area (Å²) in [6, 6.07) is 0. The van der Waals surface area contributed by atoms with E-state index in [2.05, 4.69) is 34.6 Å². The number of thiazole rings is 1. The van der Waals surface area contributed by atoms with Gasteiger partial charge < -0.3 is 10.2 Å². The van der Waals surface area contributed by atoms with E-state index in [1.165, 1.54) is 43.1 Å². The summed E-state index contributed by atoms with van der Waals surface area (Å²) >= 11 is 1.78. The first-order chi connectivity index (χ1) is 8.78. The van der Waals surface area contributed by atoms with E-state index in [-0.39, 0.29) is 0 Å². The van der Waals surface area contributed by atoms with Gasteiger partial charge in [-0.3, -0.25) is 0 Å². The summed E-state index contributed by atoms with van der Waals surface area (Å²) in [6.07, 6.45) is 5.11. The summed E-state index contributed by atoms with van der Waals surface area (Å²) in [5, 5.41) is 6.96. The van der Waals surface area contributed by atoms with Gasteiger partial charge in [0.1, 0.15) is 0 Å². The molecular formula is C14H25N3S. The Morgan fingerprint density at radius 3 is 2.89 bits per heavy atom. The minimum Gasteiger partial charge on any atom is -0.311 e. The molecule has 0 saturated carbocycles. The van der Waals surface area contributed by atoms with E-state index >= 15 is 0 Å². The Bertz CT molecular complexity index is 343. The molecular weight excluding hydrogens is 242 g/mol. The number of rotatable bonds is 6. The molecule has 0 bridgehead atoms. The summed E-state index contributed by atoms with van der Waals surface area (Å²) < 4.78 is 0. The maximum Gasteiger partial charge on any atom is 0.0926 e. The maximum absolute atomic E-state index is 4.57. The van der Waals surface area contributed by atoms with E-state index in [0.717, 1.165) is 25.4 Å². The van der Waals surface area contributed by atoms with E-state index in [1.807, 2.05) is 0 Å². The Balaban J connectivity index is 1.58. The molecule has 0 amide bonds. The van der Waals surface area contributed by atoms with Crippen LogP contribution in [0.25, 0.3) is 0 Å². The van der Waals surface area contributed by atoms with Crippen molar-refractivity contribution in [3.05, 3.63) is 16.1 Å². The van der Waals surface area contributed by atoms with Gasteiger partial charge in [-0.1, -0.05) is 6.92 Å². The Kier molecular flexibility index (Phi) is 5.60. The van der Waals surface area contributed by atoms with Crippen LogP contribution in [0.15, 0.2) is 5.38 Å². The molecule has 1 saturated heterocycles. The fraction of sp³-hybridized carbons (Fsp3) is 0.786. The topological polar surface area (TPSA) is 28.2 Å². The van der Waals surface area contributed by atoms with Gasteiger partial charge in [0.05, 0.1) is 10.7 Å². The molecule has 2 heterocycles. The Labute approximate surface area is 115 Å². The van der Waals surface area contributed by atoms with Crippen LogP contribution in [-0.4, -0.2) is 36.6 Å². The number of piperidine rings is 1. The Morgan fingerprint density at radius 1 is 1.44 bits per heavy atom. The molecule has 0 spiro atoms. The van der Waals surface area contributed by atoms with Gasteiger partial charge >= 0.3 is 0 Å². The molecule has 18 heavy (non-hydrogen) atoms. The molecule has 1 fully saturated rings. The minimum absolute atomic E-state index is 0.926. The van der Waals surface area contributed by atoms with Crippen LogP contribution >= 0.6 is 11.3 Å². The smallest absolute Gasteiger partial charge is 0.0926 e. The second-order valence-corrected chi connectivity index (χ2v) is 6.24. The largest absolute Gasteiger partial charge is 0.311 e. The lowest BCUT2D eigenvalue weighted by Crippen LogP contribution is -2.31. The first-order valence-corrected chi connectivity index (χ1v) is 7.98. The lowest BCUT2D eigenvalue weighted by atomic mass is 9.94. The van der Waals surface area contributed by atoms with E-state index in [9.17, 15) is 0 Å². The summed E-state index contributed by atoms with van der Waals surface area (Å²) in [5.74, 6) is 0.926. The number of aryl methyl sites for hydroxylation is 1. The Morgan fingerprint density at radius 2 is 2.22 bits per heavy atom. The zero-order chi connectivity index (χ0) is 12.8. The van der Waals surface area contributed by atoms with Gasteiger partial charge in [-0.15, -0.1) is 11.3 Å². The van der Waals surface area contributed by atoms with Gasteiger partial charge in [0, 0.05) is 11.9 Å². The summed E-state index contributed by atoms with van der Waals surface area (Å²) in [5.41, 5.74) is 1.21. The van der Waals surface area contributed by atoms with Crippen LogP contribution in [0.5, 0.6) is 0 Å². The van der Waals surface area contributed by atoms with Crippen molar-refractivity contribution >= 4 is 11.3 Å². The number of nitrogens with zero attached hydrogens (tertiary/aromatic N) is 2. The van der Waals surface area contributed by atoms with Gasteiger partial charge in [-0.2, -0.15) is 0 Å². The molecule has 0 aliphatic carbocycles. The van der Waals surface area contributed by atoms with E-state index in [0.29, 0.717) is 0 Å². The van der Waals surface area contributed by atoms with Crippen molar-refractivity contribution in [2.45, 2.75) is 39.2 Å². The minimum atomic E-state index is 0.926. The summed E-state index contributed by atoms with van der Waals surface area (Å²) in [6.45, 7) is 6.78. The highest BCUT2D eigenvalue weighted by Gasteiger charge is 2.15. The van der Waals surface area contributed by atoms with Crippen LogP contribution in [0.2, 0.25) is 0 Å². The predicted octanol–water partition coefficient (Wildman–Crippen LogP) is 2.53. The number of likely N-dealkylation sites (tertiary alicyclic amines) is 1. The molecule has 0 unspecified atom stereocenters. The highest BCUT2D eigenvalue weighted by Crippen LogP contribution is 2.18. The van der Waals surface area contributed by atoms with Gasteiger partial charge in [-0.05, 0) is 58.3 Å². The lowest BCUT2D eigenvalue weighted by Gasteiger charge is -2.28. The standard InChI is InChI=1S/C14H25N3S/c1-3-14-16-13(11-18-14)10-15-7-4-12-5-8-17(2)9-6-12/h11-12,15H,3-10H2,1-2H3. The highest BCUT2D eigenvalue weighted by atomic mass is 32.1. The van der Waals surface area contributed by atoms with Gasteiger partial charge in [0.25, 0.3) is 0 Å². The van der Waals surface area contributed by atoms with E-state index in [4.69, 9.17) is 0 Å². The molecule has 3 nitrogen and oxygen atoms in total. The summed E-state index contributed by atoms with van der Waals surface area (Å²) in [4.78, 5) is 7.01. The first kappa shape index (κ1) is 14.0. The van der Waals surface area contributed by atoms with Gasteiger partial charge in [0.2, 0.25) is 0 Å².